The molecule has 1 saturated carbocycles. The summed E-state index contributed by atoms with van der Waals surface area (Å²) in [5, 5.41) is -0.979. The predicted octanol–water partition coefficient (Wildman–Crippen LogP) is 4.42. The quantitative estimate of drug-likeness (QED) is 0.619. The smallest absolute Gasteiger partial charge is 0.276 e. The molecule has 0 saturated heterocycles. The molecule has 0 atom stereocenters. The van der Waals surface area contributed by atoms with Crippen LogP contribution in [0.15, 0.2) is 12.1 Å². The first-order chi connectivity index (χ1) is 11.1. The third-order valence-electron chi connectivity index (χ3n) is 4.67. The van der Waals surface area contributed by atoms with Gasteiger partial charge in [0.25, 0.3) is 5.24 Å². The lowest BCUT2D eigenvalue weighted by atomic mass is 9.79. The van der Waals surface area contributed by atoms with E-state index in [0.717, 1.165) is 6.42 Å². The van der Waals surface area contributed by atoms with Gasteiger partial charge in [0, 0.05) is 5.56 Å². The Morgan fingerprint density at radius 2 is 1.79 bits per heavy atom. The van der Waals surface area contributed by atoms with E-state index in [-0.39, 0.29) is 30.4 Å². The maximum atomic E-state index is 13.6. The molecule has 0 radical (unpaired) electrons. The standard InChI is InChI=1S/C16H18ClF3O3S/c1-2-10-8-12(15(24(22)23)6-4-3-5-7-15)13(16(18,19)20)9-11(10)14(17)21/h8-9,24H,2-7H2,1H3. The maximum Gasteiger partial charge on any atom is 0.416 e. The summed E-state index contributed by atoms with van der Waals surface area (Å²) in [6.07, 6.45) is -2.26. The second-order valence-corrected chi connectivity index (χ2v) is 7.74. The molecule has 0 aromatic heterocycles. The van der Waals surface area contributed by atoms with Crippen LogP contribution >= 0.6 is 11.6 Å². The van der Waals surface area contributed by atoms with Crippen LogP contribution in [0.2, 0.25) is 0 Å². The van der Waals surface area contributed by atoms with E-state index in [9.17, 15) is 26.4 Å². The van der Waals surface area contributed by atoms with Gasteiger partial charge in [0.05, 0.1) is 10.3 Å². The largest absolute Gasteiger partial charge is 0.416 e. The summed E-state index contributed by atoms with van der Waals surface area (Å²) in [6.45, 7) is 1.68. The fourth-order valence-electron chi connectivity index (χ4n) is 3.43. The number of halogens is 4. The topological polar surface area (TPSA) is 51.2 Å². The number of carbonyl (C=O) groups is 1. The van der Waals surface area contributed by atoms with Gasteiger partial charge in [0.2, 0.25) is 0 Å². The van der Waals surface area contributed by atoms with Crippen LogP contribution in [-0.2, 0) is 28.0 Å². The Kier molecular flexibility index (Phi) is 5.64. The number of rotatable bonds is 4. The summed E-state index contributed by atoms with van der Waals surface area (Å²) >= 11 is 5.42. The summed E-state index contributed by atoms with van der Waals surface area (Å²) in [5.41, 5.74) is -1.21. The Morgan fingerprint density at radius 1 is 1.21 bits per heavy atom. The molecule has 3 nitrogen and oxygen atoms in total. The lowest BCUT2D eigenvalue weighted by Gasteiger charge is -2.35. The van der Waals surface area contributed by atoms with Crippen molar-refractivity contribution < 1.29 is 26.4 Å². The predicted molar refractivity (Wildman–Crippen MR) is 86.1 cm³/mol. The second-order valence-electron chi connectivity index (χ2n) is 6.03. The zero-order valence-corrected chi connectivity index (χ0v) is 14.7. The van der Waals surface area contributed by atoms with E-state index in [1.807, 2.05) is 0 Å². The summed E-state index contributed by atoms with van der Waals surface area (Å²) in [7, 11) is -3.10. The van der Waals surface area contributed by atoms with E-state index in [1.165, 1.54) is 6.07 Å². The minimum atomic E-state index is -4.77. The van der Waals surface area contributed by atoms with Gasteiger partial charge in [-0.25, -0.2) is 8.42 Å². The molecule has 0 heterocycles. The van der Waals surface area contributed by atoms with Gasteiger partial charge in [-0.05, 0) is 48.1 Å². The maximum absolute atomic E-state index is 13.6. The summed E-state index contributed by atoms with van der Waals surface area (Å²) in [4.78, 5) is 11.5. The van der Waals surface area contributed by atoms with E-state index < -0.39 is 32.4 Å². The van der Waals surface area contributed by atoms with Crippen molar-refractivity contribution in [2.75, 3.05) is 0 Å². The van der Waals surface area contributed by atoms with Gasteiger partial charge in [-0.3, -0.25) is 4.79 Å². The molecule has 1 aliphatic rings. The highest BCUT2D eigenvalue weighted by atomic mass is 35.5. The molecule has 1 fully saturated rings. The average molecular weight is 383 g/mol. The third-order valence-corrected chi connectivity index (χ3v) is 6.26. The highest BCUT2D eigenvalue weighted by molar-refractivity contribution is 7.73. The van der Waals surface area contributed by atoms with Gasteiger partial charge in [-0.2, -0.15) is 13.2 Å². The van der Waals surface area contributed by atoms with Gasteiger partial charge < -0.3 is 0 Å². The van der Waals surface area contributed by atoms with Crippen LogP contribution in [0.1, 0.15) is 66.1 Å². The molecule has 0 spiro atoms. The molecule has 24 heavy (non-hydrogen) atoms. The molecule has 0 bridgehead atoms. The van der Waals surface area contributed by atoms with Crippen molar-refractivity contribution in [3.05, 3.63) is 34.4 Å². The number of alkyl halides is 3. The van der Waals surface area contributed by atoms with Crippen LogP contribution in [-0.4, -0.2) is 13.7 Å². The minimum absolute atomic E-state index is 0.159. The molecule has 0 aliphatic heterocycles. The van der Waals surface area contributed by atoms with Gasteiger partial charge in [0.1, 0.15) is 10.7 Å². The van der Waals surface area contributed by atoms with Crippen molar-refractivity contribution in [2.45, 2.75) is 56.4 Å². The van der Waals surface area contributed by atoms with Crippen LogP contribution in [0.5, 0.6) is 0 Å². The highest BCUT2D eigenvalue weighted by Crippen LogP contribution is 2.46. The average Bonchev–Trinajstić information content (AvgIpc) is 2.53. The highest BCUT2D eigenvalue weighted by Gasteiger charge is 2.45. The molecule has 0 unspecified atom stereocenters. The number of carbonyl (C=O) groups excluding carboxylic acids is 1. The Morgan fingerprint density at radius 3 is 2.21 bits per heavy atom. The van der Waals surface area contributed by atoms with Gasteiger partial charge in [-0.1, -0.05) is 32.3 Å². The van der Waals surface area contributed by atoms with E-state index in [2.05, 4.69) is 0 Å². The number of aryl methyl sites for hydroxylation is 1. The van der Waals surface area contributed by atoms with Crippen LogP contribution in [0.25, 0.3) is 0 Å². The molecule has 1 aromatic rings. The number of thiol groups is 1. The lowest BCUT2D eigenvalue weighted by Crippen LogP contribution is -2.33. The van der Waals surface area contributed by atoms with Crippen LogP contribution in [0.3, 0.4) is 0 Å². The zero-order valence-electron chi connectivity index (χ0n) is 13.1. The molecular weight excluding hydrogens is 365 g/mol. The molecule has 1 aromatic carbocycles. The molecule has 0 N–H and O–H groups in total. The van der Waals surface area contributed by atoms with Crippen molar-refractivity contribution in [3.8, 4) is 0 Å². The summed E-state index contributed by atoms with van der Waals surface area (Å²) in [6, 6.07) is 1.92. The number of hydrogen-bond donors (Lipinski definition) is 1. The lowest BCUT2D eigenvalue weighted by molar-refractivity contribution is -0.138. The third kappa shape index (κ3) is 3.47. The van der Waals surface area contributed by atoms with Crippen molar-refractivity contribution in [3.63, 3.8) is 0 Å². The van der Waals surface area contributed by atoms with Crippen molar-refractivity contribution in [1.82, 2.24) is 0 Å². The SMILES string of the molecule is CCc1cc(C2([SH](=O)=O)CCCCC2)c(C(F)(F)F)cc1C(=O)Cl. The van der Waals surface area contributed by atoms with E-state index in [1.54, 1.807) is 6.92 Å². The first kappa shape index (κ1) is 19.2. The second kappa shape index (κ2) is 7.04. The monoisotopic (exact) mass is 382 g/mol. The van der Waals surface area contributed by atoms with Crippen molar-refractivity contribution in [2.24, 2.45) is 0 Å². The first-order valence-corrected chi connectivity index (χ1v) is 9.28. The molecular formula is C16H18ClF3O3S. The molecule has 134 valence electrons. The minimum Gasteiger partial charge on any atom is -0.276 e. The summed E-state index contributed by atoms with van der Waals surface area (Å²) in [5.74, 6) is 0. The van der Waals surface area contributed by atoms with Crippen molar-refractivity contribution in [1.29, 1.82) is 0 Å². The number of hydrogen-bond acceptors (Lipinski definition) is 3. The molecule has 0 amide bonds. The molecule has 2 rings (SSSR count). The normalized spacial score (nSPS) is 17.9. The van der Waals surface area contributed by atoms with Gasteiger partial charge in [0.15, 0.2) is 0 Å². The first-order valence-electron chi connectivity index (χ1n) is 7.72. The van der Waals surface area contributed by atoms with Crippen LogP contribution < -0.4 is 0 Å². The Bertz CT molecular complexity index is 712. The Labute approximate surface area is 145 Å². The van der Waals surface area contributed by atoms with Crippen molar-refractivity contribution >= 4 is 27.5 Å². The zero-order chi connectivity index (χ0) is 18.1. The number of benzene rings is 1. The van der Waals surface area contributed by atoms with Crippen LogP contribution in [0.4, 0.5) is 13.2 Å². The fourth-order valence-corrected chi connectivity index (χ4v) is 4.67. The van der Waals surface area contributed by atoms with Crippen LogP contribution in [0, 0.1) is 0 Å². The fraction of sp³-hybridized carbons (Fsp3) is 0.562. The van der Waals surface area contributed by atoms with Gasteiger partial charge >= 0.3 is 6.18 Å². The summed E-state index contributed by atoms with van der Waals surface area (Å²) < 4.78 is 63.1. The Balaban J connectivity index is 2.82. The van der Waals surface area contributed by atoms with E-state index in [4.69, 9.17) is 11.6 Å². The van der Waals surface area contributed by atoms with Gasteiger partial charge in [-0.15, -0.1) is 0 Å². The van der Waals surface area contributed by atoms with E-state index in [0.29, 0.717) is 24.5 Å². The molecule has 8 heteroatoms. The molecule has 1 aliphatic carbocycles. The Hall–Kier alpha value is -1.08. The van der Waals surface area contributed by atoms with E-state index >= 15 is 0 Å².